The number of carbonyl (C=O) groups is 2. The summed E-state index contributed by atoms with van der Waals surface area (Å²) in [6, 6.07) is 21.0. The Hall–Kier alpha value is -3.76. The van der Waals surface area contributed by atoms with Crippen molar-refractivity contribution in [3.05, 3.63) is 88.9 Å². The van der Waals surface area contributed by atoms with E-state index in [1.54, 1.807) is 35.2 Å². The molecule has 43 heavy (non-hydrogen) atoms. The molecule has 1 aliphatic rings. The van der Waals surface area contributed by atoms with Crippen molar-refractivity contribution in [3.8, 4) is 11.5 Å². The van der Waals surface area contributed by atoms with E-state index in [-0.39, 0.29) is 44.5 Å². The summed E-state index contributed by atoms with van der Waals surface area (Å²) in [5.74, 6) is 0.523. The third-order valence-electron chi connectivity index (χ3n) is 7.14. The molecule has 1 N–H and O–H groups in total. The Kier molecular flexibility index (Phi) is 11.3. The number of nitrogens with one attached hydrogen (secondary N) is 1. The Bertz CT molecular complexity index is 1500. The molecular formula is C32H38ClN3O6S. The van der Waals surface area contributed by atoms with Crippen LogP contribution in [0.2, 0.25) is 5.02 Å². The predicted molar refractivity (Wildman–Crippen MR) is 168 cm³/mol. The Morgan fingerprint density at radius 2 is 1.70 bits per heavy atom. The van der Waals surface area contributed by atoms with Gasteiger partial charge in [-0.2, -0.15) is 0 Å². The fourth-order valence-electron chi connectivity index (χ4n) is 4.94. The van der Waals surface area contributed by atoms with Gasteiger partial charge in [0.1, 0.15) is 6.04 Å². The molecule has 0 aliphatic carbocycles. The van der Waals surface area contributed by atoms with Crippen LogP contribution in [0.5, 0.6) is 11.5 Å². The molecule has 11 heteroatoms. The van der Waals surface area contributed by atoms with E-state index in [4.69, 9.17) is 21.1 Å². The molecule has 0 unspecified atom stereocenters. The average Bonchev–Trinajstić information content (AvgIpc) is 3.45. The summed E-state index contributed by atoms with van der Waals surface area (Å²) in [6.07, 6.45) is 3.48. The van der Waals surface area contributed by atoms with Crippen molar-refractivity contribution in [1.82, 2.24) is 10.2 Å². The minimum absolute atomic E-state index is 0.0324. The maximum absolute atomic E-state index is 13.9. The van der Waals surface area contributed by atoms with Crippen LogP contribution in [-0.2, 0) is 32.6 Å². The number of sulfonamides is 1. The maximum Gasteiger partial charge on any atom is 0.243 e. The van der Waals surface area contributed by atoms with Gasteiger partial charge in [0.2, 0.25) is 28.6 Å². The van der Waals surface area contributed by atoms with E-state index < -0.39 is 16.1 Å². The van der Waals surface area contributed by atoms with Crippen molar-refractivity contribution in [1.29, 1.82) is 0 Å². The number of hydrogen-bond donors (Lipinski definition) is 1. The zero-order valence-corrected chi connectivity index (χ0v) is 26.1. The minimum Gasteiger partial charge on any atom is -0.454 e. The van der Waals surface area contributed by atoms with Crippen LogP contribution >= 0.6 is 11.6 Å². The van der Waals surface area contributed by atoms with Crippen molar-refractivity contribution in [2.45, 2.75) is 51.6 Å². The van der Waals surface area contributed by atoms with Gasteiger partial charge in [-0.25, -0.2) is 8.42 Å². The van der Waals surface area contributed by atoms with Crippen LogP contribution in [0.3, 0.4) is 0 Å². The molecule has 3 aromatic carbocycles. The van der Waals surface area contributed by atoms with E-state index in [2.05, 4.69) is 5.32 Å². The van der Waals surface area contributed by atoms with Crippen LogP contribution in [0.4, 0.5) is 5.69 Å². The molecule has 230 valence electrons. The molecule has 1 aliphatic heterocycles. The number of anilines is 1. The van der Waals surface area contributed by atoms with Crippen molar-refractivity contribution in [3.63, 3.8) is 0 Å². The molecule has 0 spiro atoms. The standard InChI is InChI=1S/C32H38ClN3O6S/c1-3-4-17-34-32(38)28(20-24-10-6-5-7-11-24)35(22-25-12-8-13-26(33)19-25)31(37)14-9-18-36(43(2,39)40)27-15-16-29-30(21-27)42-23-41-29/h5-8,10-13,15-16,19,21,28H,3-4,9,14,17-18,20,22-23H2,1-2H3,(H,34,38)/t28-/m0/s1. The number of hydrogen-bond acceptors (Lipinski definition) is 6. The number of nitrogens with zero attached hydrogens (tertiary/aromatic N) is 2. The molecule has 4 rings (SSSR count). The van der Waals surface area contributed by atoms with E-state index in [0.717, 1.165) is 30.2 Å². The minimum atomic E-state index is -3.66. The third-order valence-corrected chi connectivity index (χ3v) is 8.57. The number of fused-ring (bicyclic) bond motifs is 1. The lowest BCUT2D eigenvalue weighted by Crippen LogP contribution is -2.50. The number of rotatable bonds is 15. The number of halogens is 1. The van der Waals surface area contributed by atoms with Gasteiger partial charge in [0.25, 0.3) is 0 Å². The Morgan fingerprint density at radius 3 is 2.42 bits per heavy atom. The van der Waals surface area contributed by atoms with Gasteiger partial charge in [0.05, 0.1) is 11.9 Å². The fraction of sp³-hybridized carbons (Fsp3) is 0.375. The lowest BCUT2D eigenvalue weighted by molar-refractivity contribution is -0.141. The number of unbranched alkanes of at least 4 members (excludes halogenated alkanes) is 1. The van der Waals surface area contributed by atoms with Gasteiger partial charge >= 0.3 is 0 Å². The van der Waals surface area contributed by atoms with Crippen LogP contribution in [0.25, 0.3) is 0 Å². The van der Waals surface area contributed by atoms with Crippen molar-refractivity contribution >= 4 is 39.1 Å². The summed E-state index contributed by atoms with van der Waals surface area (Å²) < 4.78 is 37.5. The molecule has 0 aromatic heterocycles. The van der Waals surface area contributed by atoms with E-state index in [9.17, 15) is 18.0 Å². The van der Waals surface area contributed by atoms with E-state index in [1.165, 1.54) is 4.31 Å². The Morgan fingerprint density at radius 1 is 0.953 bits per heavy atom. The van der Waals surface area contributed by atoms with Crippen LogP contribution < -0.4 is 19.1 Å². The molecule has 0 radical (unpaired) electrons. The maximum atomic E-state index is 13.9. The Labute approximate surface area is 258 Å². The first-order chi connectivity index (χ1) is 20.7. The molecule has 9 nitrogen and oxygen atoms in total. The highest BCUT2D eigenvalue weighted by Gasteiger charge is 2.30. The monoisotopic (exact) mass is 627 g/mol. The van der Waals surface area contributed by atoms with Crippen LogP contribution in [0.1, 0.15) is 43.7 Å². The SMILES string of the molecule is CCCCNC(=O)[C@H](Cc1ccccc1)N(Cc1cccc(Cl)c1)C(=O)CCCN(c1ccc2c(c1)OCO2)S(C)(=O)=O. The average molecular weight is 628 g/mol. The topological polar surface area (TPSA) is 105 Å². The summed E-state index contributed by atoms with van der Waals surface area (Å²) in [7, 11) is -3.66. The lowest BCUT2D eigenvalue weighted by atomic mass is 10.0. The lowest BCUT2D eigenvalue weighted by Gasteiger charge is -2.32. The first kappa shape index (κ1) is 32.2. The number of benzene rings is 3. The van der Waals surface area contributed by atoms with Gasteiger partial charge in [-0.15, -0.1) is 0 Å². The molecule has 1 atom stereocenters. The smallest absolute Gasteiger partial charge is 0.243 e. The zero-order chi connectivity index (χ0) is 30.8. The molecule has 1 heterocycles. The first-order valence-electron chi connectivity index (χ1n) is 14.4. The first-order valence-corrected chi connectivity index (χ1v) is 16.6. The summed E-state index contributed by atoms with van der Waals surface area (Å²) in [5, 5.41) is 3.54. The van der Waals surface area contributed by atoms with Crippen molar-refractivity contribution in [2.24, 2.45) is 0 Å². The summed E-state index contributed by atoms with van der Waals surface area (Å²) >= 11 is 6.26. The highest BCUT2D eigenvalue weighted by atomic mass is 35.5. The summed E-state index contributed by atoms with van der Waals surface area (Å²) in [5.41, 5.74) is 2.14. The van der Waals surface area contributed by atoms with Crippen LogP contribution in [0, 0.1) is 0 Å². The van der Waals surface area contributed by atoms with Gasteiger partial charge < -0.3 is 19.7 Å². The van der Waals surface area contributed by atoms with Crippen LogP contribution in [0.15, 0.2) is 72.8 Å². The van der Waals surface area contributed by atoms with Gasteiger partial charge in [-0.3, -0.25) is 13.9 Å². The van der Waals surface area contributed by atoms with Gasteiger partial charge in [0.15, 0.2) is 11.5 Å². The molecule has 0 fully saturated rings. The number of amides is 2. The van der Waals surface area contributed by atoms with E-state index >= 15 is 0 Å². The summed E-state index contributed by atoms with van der Waals surface area (Å²) in [4.78, 5) is 29.1. The molecule has 0 bridgehead atoms. The van der Waals surface area contributed by atoms with Gasteiger partial charge in [-0.1, -0.05) is 67.4 Å². The predicted octanol–water partition coefficient (Wildman–Crippen LogP) is 5.17. The third kappa shape index (κ3) is 9.11. The molecule has 3 aromatic rings. The summed E-state index contributed by atoms with van der Waals surface area (Å²) in [6.45, 7) is 2.88. The highest BCUT2D eigenvalue weighted by Crippen LogP contribution is 2.36. The Balaban J connectivity index is 1.56. The zero-order valence-electron chi connectivity index (χ0n) is 24.5. The molecule has 0 saturated heterocycles. The van der Waals surface area contributed by atoms with Gasteiger partial charge in [-0.05, 0) is 48.2 Å². The van der Waals surface area contributed by atoms with Crippen molar-refractivity contribution in [2.75, 3.05) is 30.4 Å². The van der Waals surface area contributed by atoms with Crippen molar-refractivity contribution < 1.29 is 27.5 Å². The highest BCUT2D eigenvalue weighted by molar-refractivity contribution is 7.92. The van der Waals surface area contributed by atoms with Gasteiger partial charge in [0, 0.05) is 43.6 Å². The quantitative estimate of drug-likeness (QED) is 0.233. The van der Waals surface area contributed by atoms with E-state index in [0.29, 0.717) is 35.2 Å². The normalized spacial score (nSPS) is 12.9. The molecular weight excluding hydrogens is 590 g/mol. The largest absolute Gasteiger partial charge is 0.454 e. The molecule has 0 saturated carbocycles. The van der Waals surface area contributed by atoms with E-state index in [1.807, 2.05) is 49.4 Å². The fourth-order valence-corrected chi connectivity index (χ4v) is 6.11. The van der Waals surface area contributed by atoms with Crippen LogP contribution in [-0.4, -0.2) is 57.3 Å². The molecule has 2 amide bonds. The number of ether oxygens (including phenoxy) is 2. The second kappa shape index (κ2) is 15.1. The number of carbonyl (C=O) groups excluding carboxylic acids is 2. The second-order valence-electron chi connectivity index (χ2n) is 10.5. The second-order valence-corrected chi connectivity index (χ2v) is 12.8.